The van der Waals surface area contributed by atoms with Crippen LogP contribution in [0, 0.1) is 0 Å². The third kappa shape index (κ3) is 2.33. The summed E-state index contributed by atoms with van der Waals surface area (Å²) in [7, 11) is 1.90. The van der Waals surface area contributed by atoms with Gasteiger partial charge in [0.25, 0.3) is 5.91 Å². The molecule has 0 radical (unpaired) electrons. The van der Waals surface area contributed by atoms with Gasteiger partial charge in [-0.15, -0.1) is 0 Å². The van der Waals surface area contributed by atoms with E-state index in [0.29, 0.717) is 17.9 Å². The lowest BCUT2D eigenvalue weighted by Crippen LogP contribution is -2.53. The van der Waals surface area contributed by atoms with Gasteiger partial charge in [-0.1, -0.05) is 25.2 Å². The Hall–Kier alpha value is -1.40. The van der Waals surface area contributed by atoms with Crippen LogP contribution >= 0.6 is 11.3 Å². The predicted molar refractivity (Wildman–Crippen MR) is 80.2 cm³/mol. The minimum atomic E-state index is -0.806. The van der Waals surface area contributed by atoms with E-state index in [4.69, 9.17) is 5.73 Å². The summed E-state index contributed by atoms with van der Waals surface area (Å²) in [6.07, 6.45) is 1.49. The number of nitrogens with two attached hydrogens (primary N) is 1. The average Bonchev–Trinajstić information content (AvgIpc) is 2.92. The molecule has 2 heterocycles. The van der Waals surface area contributed by atoms with E-state index in [-0.39, 0.29) is 4.48 Å². The van der Waals surface area contributed by atoms with Crippen molar-refractivity contribution in [3.05, 3.63) is 16.5 Å². The minimum absolute atomic E-state index is 0.283. The first-order valence-electron chi connectivity index (χ1n) is 6.79. The Kier molecular flexibility index (Phi) is 3.88. The standard InChI is InChI=1S/C14H20N2O3S/c1-8(2)11-7-9(12(15)17)13(20-11)16(3)6-4-5-10(16)14(18)19/h7-8,10H,4-6H2,1-3H3,(H2-,15,17,18,19)/p+1/t10-,16?/m0/s1. The molecule has 1 unspecified atom stereocenters. The van der Waals surface area contributed by atoms with Crippen LogP contribution in [0.2, 0.25) is 0 Å². The van der Waals surface area contributed by atoms with Gasteiger partial charge in [-0.3, -0.25) is 9.28 Å². The third-order valence-electron chi connectivity index (χ3n) is 4.10. The van der Waals surface area contributed by atoms with Crippen LogP contribution in [0.1, 0.15) is 47.8 Å². The second-order valence-electron chi connectivity index (χ2n) is 5.87. The zero-order chi connectivity index (χ0) is 15.1. The van der Waals surface area contributed by atoms with Crippen molar-refractivity contribution in [1.29, 1.82) is 0 Å². The summed E-state index contributed by atoms with van der Waals surface area (Å²) in [6, 6.07) is 1.33. The lowest BCUT2D eigenvalue weighted by atomic mass is 10.1. The molecule has 2 atom stereocenters. The first-order chi connectivity index (χ1) is 9.27. The van der Waals surface area contributed by atoms with Gasteiger partial charge in [-0.05, 0) is 12.0 Å². The number of likely N-dealkylation sites (N-methyl/N-ethyl adjacent to an activating group) is 1. The Labute approximate surface area is 122 Å². The van der Waals surface area contributed by atoms with Gasteiger partial charge in [0.1, 0.15) is 5.56 Å². The van der Waals surface area contributed by atoms with Crippen LogP contribution in [0.3, 0.4) is 0 Å². The number of nitrogens with zero attached hydrogens (tertiary/aromatic N) is 1. The fourth-order valence-corrected chi connectivity index (χ4v) is 4.24. The first kappa shape index (κ1) is 15.0. The van der Waals surface area contributed by atoms with Gasteiger partial charge in [0.05, 0.1) is 13.6 Å². The van der Waals surface area contributed by atoms with Gasteiger partial charge >= 0.3 is 5.97 Å². The highest BCUT2D eigenvalue weighted by Gasteiger charge is 2.47. The van der Waals surface area contributed by atoms with Crippen molar-refractivity contribution in [2.24, 2.45) is 5.73 Å². The number of aliphatic carboxylic acids is 1. The van der Waals surface area contributed by atoms with Crippen molar-refractivity contribution >= 4 is 28.2 Å². The highest BCUT2D eigenvalue weighted by molar-refractivity contribution is 7.16. The van der Waals surface area contributed by atoms with Crippen molar-refractivity contribution < 1.29 is 14.7 Å². The van der Waals surface area contributed by atoms with Crippen LogP contribution in [-0.2, 0) is 4.79 Å². The van der Waals surface area contributed by atoms with E-state index >= 15 is 0 Å². The quantitative estimate of drug-likeness (QED) is 0.836. The number of carboxylic acid groups (broad SMARTS) is 1. The predicted octanol–water partition coefficient (Wildman–Crippen LogP) is 2.15. The summed E-state index contributed by atoms with van der Waals surface area (Å²) in [4.78, 5) is 24.3. The molecule has 1 saturated heterocycles. The number of hydrogen-bond acceptors (Lipinski definition) is 3. The lowest BCUT2D eigenvalue weighted by Gasteiger charge is -2.32. The summed E-state index contributed by atoms with van der Waals surface area (Å²) in [5, 5.41) is 10.2. The van der Waals surface area contributed by atoms with Crippen molar-refractivity contribution in [2.45, 2.75) is 38.6 Å². The zero-order valence-electron chi connectivity index (χ0n) is 12.0. The molecule has 0 aromatic carbocycles. The normalized spacial score (nSPS) is 26.1. The van der Waals surface area contributed by atoms with Crippen LogP contribution in [0.15, 0.2) is 6.07 Å². The molecule has 1 aromatic heterocycles. The largest absolute Gasteiger partial charge is 0.477 e. The summed E-state index contributed by atoms with van der Waals surface area (Å²) in [5.41, 5.74) is 5.97. The summed E-state index contributed by atoms with van der Waals surface area (Å²) >= 11 is 1.52. The van der Waals surface area contributed by atoms with Gasteiger partial charge < -0.3 is 10.8 Å². The van der Waals surface area contributed by atoms with Gasteiger partial charge in [0.15, 0.2) is 6.04 Å². The van der Waals surface area contributed by atoms with E-state index in [1.807, 2.05) is 13.1 Å². The van der Waals surface area contributed by atoms with Gasteiger partial charge in [-0.25, -0.2) is 4.79 Å². The Morgan fingerprint density at radius 3 is 2.65 bits per heavy atom. The molecule has 1 aliphatic rings. The zero-order valence-corrected chi connectivity index (χ0v) is 12.9. The second-order valence-corrected chi connectivity index (χ2v) is 6.94. The van der Waals surface area contributed by atoms with E-state index in [2.05, 4.69) is 13.8 Å². The van der Waals surface area contributed by atoms with E-state index in [1.165, 1.54) is 11.3 Å². The highest BCUT2D eigenvalue weighted by Crippen LogP contribution is 2.42. The number of amides is 1. The van der Waals surface area contributed by atoms with Crippen LogP contribution in [0.4, 0.5) is 5.00 Å². The Bertz CT molecular complexity index is 553. The Balaban J connectivity index is 2.55. The molecule has 0 bridgehead atoms. The fraction of sp³-hybridized carbons (Fsp3) is 0.571. The van der Waals surface area contributed by atoms with Gasteiger partial charge in [0.2, 0.25) is 5.00 Å². The Morgan fingerprint density at radius 2 is 2.15 bits per heavy atom. The molecule has 5 nitrogen and oxygen atoms in total. The molecule has 6 heteroatoms. The average molecular weight is 297 g/mol. The van der Waals surface area contributed by atoms with Crippen molar-refractivity contribution in [2.75, 3.05) is 13.6 Å². The third-order valence-corrected chi connectivity index (χ3v) is 5.76. The van der Waals surface area contributed by atoms with Crippen LogP contribution < -0.4 is 10.2 Å². The summed E-state index contributed by atoms with van der Waals surface area (Å²) in [5.74, 6) is -0.984. The van der Waals surface area contributed by atoms with Gasteiger partial charge in [0, 0.05) is 17.7 Å². The molecule has 110 valence electrons. The highest BCUT2D eigenvalue weighted by atomic mass is 32.1. The smallest absolute Gasteiger partial charge is 0.363 e. The summed E-state index contributed by atoms with van der Waals surface area (Å²) < 4.78 is 0.283. The van der Waals surface area contributed by atoms with E-state index < -0.39 is 17.9 Å². The molecule has 20 heavy (non-hydrogen) atoms. The molecular weight excluding hydrogens is 276 g/mol. The van der Waals surface area contributed by atoms with Crippen LogP contribution in [0.5, 0.6) is 0 Å². The number of carbonyl (C=O) groups excluding carboxylic acids is 1. The molecule has 0 spiro atoms. The van der Waals surface area contributed by atoms with Crippen LogP contribution in [0.25, 0.3) is 0 Å². The number of carbonyl (C=O) groups is 2. The second kappa shape index (κ2) is 5.18. The number of carboxylic acids is 1. The molecule has 1 aromatic rings. The molecular formula is C14H21N2O3S+. The number of rotatable bonds is 4. The topological polar surface area (TPSA) is 80.4 Å². The van der Waals surface area contributed by atoms with Crippen molar-refractivity contribution in [3.63, 3.8) is 0 Å². The molecule has 3 N–H and O–H groups in total. The number of hydrogen-bond donors (Lipinski definition) is 2. The lowest BCUT2D eigenvalue weighted by molar-refractivity contribution is -0.141. The first-order valence-corrected chi connectivity index (χ1v) is 7.61. The van der Waals surface area contributed by atoms with E-state index in [9.17, 15) is 14.7 Å². The number of likely N-dealkylation sites (tertiary alicyclic amines) is 1. The maximum absolute atomic E-state index is 11.7. The molecule has 1 amide bonds. The maximum atomic E-state index is 11.7. The molecule has 1 fully saturated rings. The SMILES string of the molecule is CC(C)c1cc(C(N)=O)c([N+]2(C)CCC[C@H]2C(=O)O)s1. The van der Waals surface area contributed by atoms with E-state index in [1.54, 1.807) is 0 Å². The van der Waals surface area contributed by atoms with Crippen LogP contribution in [-0.4, -0.2) is 36.6 Å². The number of thiophene rings is 1. The fourth-order valence-electron chi connectivity index (χ4n) is 2.90. The van der Waals surface area contributed by atoms with Crippen molar-refractivity contribution in [3.8, 4) is 0 Å². The Morgan fingerprint density at radius 1 is 1.50 bits per heavy atom. The molecule has 0 saturated carbocycles. The van der Waals surface area contributed by atoms with Gasteiger partial charge in [-0.2, -0.15) is 0 Å². The number of primary amides is 1. The van der Waals surface area contributed by atoms with Crippen molar-refractivity contribution in [1.82, 2.24) is 4.48 Å². The molecule has 2 rings (SSSR count). The monoisotopic (exact) mass is 297 g/mol. The minimum Gasteiger partial charge on any atom is -0.477 e. The number of quaternary nitrogens is 1. The molecule has 0 aliphatic carbocycles. The van der Waals surface area contributed by atoms with E-state index in [0.717, 1.165) is 22.8 Å². The molecule has 1 aliphatic heterocycles. The maximum Gasteiger partial charge on any atom is 0.363 e. The summed E-state index contributed by atoms with van der Waals surface area (Å²) in [6.45, 7) is 4.84.